The molecule has 0 fully saturated rings. The van der Waals surface area contributed by atoms with E-state index in [9.17, 15) is 32.9 Å². The molecule has 0 aliphatic heterocycles. The first-order valence-electron chi connectivity index (χ1n) is 12.6. The Bertz CT molecular complexity index is 1900. The second kappa shape index (κ2) is 11.5. The third-order valence-electron chi connectivity index (χ3n) is 6.65. The van der Waals surface area contributed by atoms with Crippen molar-refractivity contribution in [2.24, 2.45) is 0 Å². The maximum atomic E-state index is 16.2. The summed E-state index contributed by atoms with van der Waals surface area (Å²) < 4.78 is 73.7. The zero-order valence-electron chi connectivity index (χ0n) is 21.9. The van der Waals surface area contributed by atoms with E-state index in [1.54, 1.807) is 12.1 Å². The number of aromatic nitrogens is 4. The summed E-state index contributed by atoms with van der Waals surface area (Å²) in [5.41, 5.74) is -7.14. The molecule has 14 heteroatoms. The van der Waals surface area contributed by atoms with Crippen LogP contribution < -0.4 is 11.2 Å². The van der Waals surface area contributed by atoms with Gasteiger partial charge in [0.2, 0.25) is 12.6 Å². The molecule has 220 valence electrons. The normalized spacial score (nSPS) is 13.0. The van der Waals surface area contributed by atoms with Gasteiger partial charge in [-0.1, -0.05) is 78.9 Å². The van der Waals surface area contributed by atoms with E-state index in [0.717, 1.165) is 23.1 Å². The molecule has 0 aliphatic rings. The lowest BCUT2D eigenvalue weighted by Crippen LogP contribution is -2.44. The maximum absolute atomic E-state index is 16.2. The predicted octanol–water partition coefficient (Wildman–Crippen LogP) is 5.88. The van der Waals surface area contributed by atoms with Crippen molar-refractivity contribution < 1.29 is 26.9 Å². The Morgan fingerprint density at radius 2 is 1.35 bits per heavy atom. The van der Waals surface area contributed by atoms with E-state index in [-0.39, 0.29) is 31.4 Å². The number of benzene rings is 3. The highest BCUT2D eigenvalue weighted by atomic mass is 19.4. The fraction of sp³-hybridized carbons (Fsp3) is 0.138. The molecule has 0 N–H and O–H groups in total. The van der Waals surface area contributed by atoms with Crippen LogP contribution in [0.25, 0.3) is 11.3 Å². The van der Waals surface area contributed by atoms with Gasteiger partial charge in [-0.15, -0.1) is 0 Å². The highest BCUT2D eigenvalue weighted by molar-refractivity contribution is 5.68. The summed E-state index contributed by atoms with van der Waals surface area (Å²) in [7, 11) is 0. The van der Waals surface area contributed by atoms with Crippen LogP contribution in [-0.2, 0) is 12.7 Å². The lowest BCUT2D eigenvalue weighted by atomic mass is 10.1. The molecular weight excluding hydrogens is 577 g/mol. The van der Waals surface area contributed by atoms with Crippen LogP contribution in [0.3, 0.4) is 0 Å². The Labute approximate surface area is 238 Å². The summed E-state index contributed by atoms with van der Waals surface area (Å²) in [6, 6.07) is 18.5. The number of rotatable bonds is 8. The molecule has 0 bridgehead atoms. The van der Waals surface area contributed by atoms with Gasteiger partial charge >= 0.3 is 23.1 Å². The number of nitrogens with zero attached hydrogens (tertiary/aromatic N) is 5. The topological polar surface area (TPSA) is 105 Å². The number of alkyl halides is 5. The van der Waals surface area contributed by atoms with E-state index in [2.05, 4.69) is 5.10 Å². The third-order valence-corrected chi connectivity index (χ3v) is 6.65. The van der Waals surface area contributed by atoms with Gasteiger partial charge in [-0.25, -0.2) is 18.1 Å². The first-order chi connectivity index (χ1) is 20.5. The minimum atomic E-state index is -4.69. The monoisotopic (exact) mass is 597 g/mol. The minimum absolute atomic E-state index is 0.0452. The smallest absolute Gasteiger partial charge is 0.268 e. The van der Waals surface area contributed by atoms with Crippen LogP contribution >= 0.6 is 0 Å². The van der Waals surface area contributed by atoms with Crippen LogP contribution in [0.4, 0.5) is 27.6 Å². The quantitative estimate of drug-likeness (QED) is 0.126. The molecule has 2 heterocycles. The number of hydrogen-bond acceptors (Lipinski definition) is 5. The second-order valence-corrected chi connectivity index (χ2v) is 9.36. The fourth-order valence-electron chi connectivity index (χ4n) is 4.68. The summed E-state index contributed by atoms with van der Waals surface area (Å²) in [4.78, 5) is 38.2. The molecule has 5 aromatic rings. The highest BCUT2D eigenvalue weighted by Gasteiger charge is 2.36. The molecule has 0 radical (unpaired) electrons. The minimum Gasteiger partial charge on any atom is -0.268 e. The van der Waals surface area contributed by atoms with Crippen molar-refractivity contribution >= 4 is 5.69 Å². The summed E-state index contributed by atoms with van der Waals surface area (Å²) in [5.74, 6) is 0. The van der Waals surface area contributed by atoms with Gasteiger partial charge in [0.15, 0.2) is 0 Å². The molecule has 5 rings (SSSR count). The van der Waals surface area contributed by atoms with Crippen molar-refractivity contribution in [1.29, 1.82) is 0 Å². The molecule has 2 atom stereocenters. The van der Waals surface area contributed by atoms with Gasteiger partial charge in [-0.2, -0.15) is 18.3 Å². The van der Waals surface area contributed by atoms with Crippen molar-refractivity contribution in [2.45, 2.75) is 25.3 Å². The largest absolute Gasteiger partial charge is 0.416 e. The van der Waals surface area contributed by atoms with E-state index < -0.39 is 58.4 Å². The van der Waals surface area contributed by atoms with Gasteiger partial charge in [0.1, 0.15) is 5.69 Å². The average molecular weight is 598 g/mol. The Morgan fingerprint density at radius 1 is 0.814 bits per heavy atom. The van der Waals surface area contributed by atoms with E-state index >= 15 is 8.78 Å². The molecule has 0 saturated heterocycles. The van der Waals surface area contributed by atoms with Gasteiger partial charge in [0.05, 0.1) is 23.2 Å². The average Bonchev–Trinajstić information content (AvgIpc) is 3.45. The van der Waals surface area contributed by atoms with E-state index in [1.165, 1.54) is 66.7 Å². The maximum Gasteiger partial charge on any atom is 0.416 e. The van der Waals surface area contributed by atoms with E-state index in [4.69, 9.17) is 0 Å². The van der Waals surface area contributed by atoms with Crippen LogP contribution in [0.1, 0.15) is 34.8 Å². The van der Waals surface area contributed by atoms with Gasteiger partial charge < -0.3 is 0 Å². The Balaban J connectivity index is 1.74. The zero-order valence-corrected chi connectivity index (χ0v) is 21.9. The Kier molecular flexibility index (Phi) is 7.76. The van der Waals surface area contributed by atoms with E-state index in [0.29, 0.717) is 0 Å². The fourth-order valence-corrected chi connectivity index (χ4v) is 4.68. The van der Waals surface area contributed by atoms with Gasteiger partial charge in [-0.3, -0.25) is 24.2 Å². The summed E-state index contributed by atoms with van der Waals surface area (Å²) in [5, 5.41) is 16.2. The van der Waals surface area contributed by atoms with Gasteiger partial charge in [-0.05, 0) is 11.6 Å². The summed E-state index contributed by atoms with van der Waals surface area (Å²) in [6.07, 6.45) is -7.65. The SMILES string of the molecule is O=c1c([N+](=O)[O-])c(-c2cnn(Cc3ccccc3C(F)(F)F)c2)n(C(F)c2ccccc2)c(=O)n1C(F)c1ccccc1. The Hall–Kier alpha value is -5.40. The van der Waals surface area contributed by atoms with Crippen molar-refractivity contribution in [2.75, 3.05) is 0 Å². The molecule has 0 spiro atoms. The van der Waals surface area contributed by atoms with Gasteiger partial charge in [0, 0.05) is 22.9 Å². The standard InChI is InChI=1S/C29H20F5N5O4/c30-25(18-9-3-1-4-10-18)37-23(21-15-35-36(17-21)16-20-13-7-8-14-22(20)29(32,33)34)24(39(42)43)27(40)38(28(37)41)26(31)19-11-5-2-6-12-19/h1-15,17,25-26H,16H2. The van der Waals surface area contributed by atoms with Crippen molar-refractivity contribution in [3.05, 3.63) is 151 Å². The molecule has 2 unspecified atom stereocenters. The number of hydrogen-bond donors (Lipinski definition) is 0. The van der Waals surface area contributed by atoms with E-state index in [1.807, 2.05) is 0 Å². The van der Waals surface area contributed by atoms with Crippen LogP contribution in [-0.4, -0.2) is 23.8 Å². The molecule has 43 heavy (non-hydrogen) atoms. The Morgan fingerprint density at radius 3 is 1.91 bits per heavy atom. The first-order valence-corrected chi connectivity index (χ1v) is 12.6. The molecular formula is C29H20F5N5O4. The van der Waals surface area contributed by atoms with Gasteiger partial charge in [0.25, 0.3) is 0 Å². The first kappa shape index (κ1) is 29.1. The predicted molar refractivity (Wildman–Crippen MR) is 145 cm³/mol. The van der Waals surface area contributed by atoms with Crippen molar-refractivity contribution in [1.82, 2.24) is 18.9 Å². The molecule has 9 nitrogen and oxygen atoms in total. The lowest BCUT2D eigenvalue weighted by Gasteiger charge is -2.20. The third kappa shape index (κ3) is 5.58. The lowest BCUT2D eigenvalue weighted by molar-refractivity contribution is -0.386. The molecule has 0 aliphatic carbocycles. The summed E-state index contributed by atoms with van der Waals surface area (Å²) >= 11 is 0. The number of nitro groups is 1. The highest BCUT2D eigenvalue weighted by Crippen LogP contribution is 2.34. The van der Waals surface area contributed by atoms with Crippen LogP contribution in [0.5, 0.6) is 0 Å². The molecule has 0 saturated carbocycles. The van der Waals surface area contributed by atoms with Crippen LogP contribution in [0.15, 0.2) is 107 Å². The van der Waals surface area contributed by atoms with Crippen LogP contribution in [0, 0.1) is 10.1 Å². The number of halogens is 5. The summed E-state index contributed by atoms with van der Waals surface area (Å²) in [6.45, 7) is -0.455. The molecule has 3 aromatic carbocycles. The van der Waals surface area contributed by atoms with Crippen molar-refractivity contribution in [3.63, 3.8) is 0 Å². The zero-order chi connectivity index (χ0) is 30.9. The molecule has 0 amide bonds. The van der Waals surface area contributed by atoms with Crippen molar-refractivity contribution in [3.8, 4) is 11.3 Å². The molecule has 2 aromatic heterocycles. The second-order valence-electron chi connectivity index (χ2n) is 9.36. The van der Waals surface area contributed by atoms with Crippen LogP contribution in [0.2, 0.25) is 0 Å².